The number of aryl methyl sites for hydroxylation is 2. The van der Waals surface area contributed by atoms with E-state index in [-0.39, 0.29) is 12.5 Å². The van der Waals surface area contributed by atoms with E-state index in [4.69, 9.17) is 0 Å². The lowest BCUT2D eigenvalue weighted by atomic mass is 10.0. The maximum Gasteiger partial charge on any atom is 0.306 e. The Kier molecular flexibility index (Phi) is 6.05. The number of nitrogens with one attached hydrogen (secondary N) is 2. The fraction of sp³-hybridized carbons (Fsp3) is 0.278. The highest BCUT2D eigenvalue weighted by molar-refractivity contribution is 5.95. The number of carbonyl (C=O) groups is 1. The number of nitro benzene ring substituents is 1. The van der Waals surface area contributed by atoms with Crippen LogP contribution in [0.4, 0.5) is 21.5 Å². The van der Waals surface area contributed by atoms with Crippen molar-refractivity contribution in [2.24, 2.45) is 0 Å². The van der Waals surface area contributed by atoms with Gasteiger partial charge in [0.15, 0.2) is 0 Å². The summed E-state index contributed by atoms with van der Waals surface area (Å²) in [6.07, 6.45) is 1.59. The van der Waals surface area contributed by atoms with Gasteiger partial charge in [0, 0.05) is 17.4 Å². The van der Waals surface area contributed by atoms with Gasteiger partial charge in [-0.25, -0.2) is 0 Å². The summed E-state index contributed by atoms with van der Waals surface area (Å²) < 4.78 is 13.3. The molecular formula is C18H20FN3O3. The number of amides is 1. The Hall–Kier alpha value is -2.96. The lowest BCUT2D eigenvalue weighted by Crippen LogP contribution is -2.23. The first-order chi connectivity index (χ1) is 12.0. The van der Waals surface area contributed by atoms with Gasteiger partial charge in [-0.1, -0.05) is 32.0 Å². The standard InChI is InChI=1S/C18H20FN3O3/c1-3-12-6-5-7-13(4-2)18(12)21-17(23)11-20-14-8-9-15(19)16(10-14)22(24)25/h5-10,20H,3-4,11H2,1-2H3,(H,21,23). The highest BCUT2D eigenvalue weighted by atomic mass is 19.1. The number of nitro groups is 1. The second-order valence-electron chi connectivity index (χ2n) is 5.48. The Labute approximate surface area is 145 Å². The molecule has 0 unspecified atom stereocenters. The Morgan fingerprint density at radius 1 is 1.16 bits per heavy atom. The maximum atomic E-state index is 13.3. The molecule has 2 rings (SSSR count). The van der Waals surface area contributed by atoms with Crippen LogP contribution in [0.3, 0.4) is 0 Å². The average Bonchev–Trinajstić information content (AvgIpc) is 2.60. The predicted octanol–water partition coefficient (Wildman–Crippen LogP) is 3.91. The molecule has 1 amide bonds. The van der Waals surface area contributed by atoms with E-state index in [0.29, 0.717) is 5.69 Å². The van der Waals surface area contributed by atoms with E-state index in [1.165, 1.54) is 6.07 Å². The number of halogens is 1. The van der Waals surface area contributed by atoms with Gasteiger partial charge in [0.2, 0.25) is 11.7 Å². The van der Waals surface area contributed by atoms with Crippen molar-refractivity contribution < 1.29 is 14.1 Å². The Morgan fingerprint density at radius 3 is 2.36 bits per heavy atom. The summed E-state index contributed by atoms with van der Waals surface area (Å²) in [6.45, 7) is 3.95. The van der Waals surface area contributed by atoms with E-state index in [1.54, 1.807) is 0 Å². The quantitative estimate of drug-likeness (QED) is 0.588. The summed E-state index contributed by atoms with van der Waals surface area (Å²) in [5.74, 6) is -1.19. The first kappa shape index (κ1) is 18.4. The van der Waals surface area contributed by atoms with Crippen LogP contribution in [0.2, 0.25) is 0 Å². The third kappa shape index (κ3) is 4.53. The molecule has 7 heteroatoms. The number of para-hydroxylation sites is 1. The van der Waals surface area contributed by atoms with E-state index in [9.17, 15) is 19.3 Å². The first-order valence-electron chi connectivity index (χ1n) is 8.04. The number of benzene rings is 2. The smallest absolute Gasteiger partial charge is 0.306 e. The molecule has 0 spiro atoms. The molecule has 0 fully saturated rings. The molecule has 2 aromatic carbocycles. The van der Waals surface area contributed by atoms with Gasteiger partial charge in [0.25, 0.3) is 0 Å². The van der Waals surface area contributed by atoms with Gasteiger partial charge in [-0.2, -0.15) is 4.39 Å². The summed E-state index contributed by atoms with van der Waals surface area (Å²) in [6, 6.07) is 9.31. The fourth-order valence-electron chi connectivity index (χ4n) is 2.53. The van der Waals surface area contributed by atoms with Crippen LogP contribution in [0.5, 0.6) is 0 Å². The van der Waals surface area contributed by atoms with E-state index in [2.05, 4.69) is 10.6 Å². The minimum Gasteiger partial charge on any atom is -0.376 e. The minimum atomic E-state index is -0.913. The van der Waals surface area contributed by atoms with Crippen molar-refractivity contribution in [2.75, 3.05) is 17.2 Å². The van der Waals surface area contributed by atoms with E-state index in [0.717, 1.165) is 41.8 Å². The summed E-state index contributed by atoms with van der Waals surface area (Å²) in [7, 11) is 0. The van der Waals surface area contributed by atoms with E-state index >= 15 is 0 Å². The molecule has 25 heavy (non-hydrogen) atoms. The fourth-order valence-corrected chi connectivity index (χ4v) is 2.53. The van der Waals surface area contributed by atoms with Crippen LogP contribution in [0, 0.1) is 15.9 Å². The number of hydrogen-bond acceptors (Lipinski definition) is 4. The molecule has 0 heterocycles. The summed E-state index contributed by atoms with van der Waals surface area (Å²) in [5.41, 5.74) is 2.58. The van der Waals surface area contributed by atoms with Crippen molar-refractivity contribution in [3.63, 3.8) is 0 Å². The second kappa shape index (κ2) is 8.23. The molecule has 0 saturated heterocycles. The van der Waals surface area contributed by atoms with Gasteiger partial charge < -0.3 is 10.6 Å². The van der Waals surface area contributed by atoms with Crippen LogP contribution in [0.25, 0.3) is 0 Å². The lowest BCUT2D eigenvalue weighted by Gasteiger charge is -2.15. The zero-order valence-corrected chi connectivity index (χ0v) is 14.1. The van der Waals surface area contributed by atoms with Crippen LogP contribution < -0.4 is 10.6 Å². The minimum absolute atomic E-state index is 0.0794. The summed E-state index contributed by atoms with van der Waals surface area (Å²) in [5, 5.41) is 16.4. The van der Waals surface area contributed by atoms with Crippen molar-refractivity contribution in [1.29, 1.82) is 0 Å². The van der Waals surface area contributed by atoms with Crippen LogP contribution in [0.15, 0.2) is 36.4 Å². The van der Waals surface area contributed by atoms with Crippen LogP contribution in [-0.4, -0.2) is 17.4 Å². The number of anilines is 2. The molecule has 0 aliphatic carbocycles. The SMILES string of the molecule is CCc1cccc(CC)c1NC(=O)CNc1ccc(F)c([N+](=O)[O-])c1. The van der Waals surface area contributed by atoms with Crippen molar-refractivity contribution in [3.05, 3.63) is 63.5 Å². The molecule has 0 aliphatic rings. The largest absolute Gasteiger partial charge is 0.376 e. The molecule has 2 aromatic rings. The van der Waals surface area contributed by atoms with Crippen molar-refractivity contribution >= 4 is 23.0 Å². The molecule has 0 aliphatic heterocycles. The van der Waals surface area contributed by atoms with Gasteiger partial charge in [0.1, 0.15) is 0 Å². The van der Waals surface area contributed by atoms with Crippen molar-refractivity contribution in [3.8, 4) is 0 Å². The molecule has 132 valence electrons. The topological polar surface area (TPSA) is 84.3 Å². The van der Waals surface area contributed by atoms with Crippen molar-refractivity contribution in [1.82, 2.24) is 0 Å². The monoisotopic (exact) mass is 345 g/mol. The lowest BCUT2D eigenvalue weighted by molar-refractivity contribution is -0.387. The number of hydrogen-bond donors (Lipinski definition) is 2. The predicted molar refractivity (Wildman–Crippen MR) is 95.4 cm³/mol. The van der Waals surface area contributed by atoms with Crippen LogP contribution >= 0.6 is 0 Å². The molecular weight excluding hydrogens is 325 g/mol. The van der Waals surface area contributed by atoms with Crippen molar-refractivity contribution in [2.45, 2.75) is 26.7 Å². The highest BCUT2D eigenvalue weighted by Crippen LogP contribution is 2.23. The Morgan fingerprint density at radius 2 is 1.80 bits per heavy atom. The molecule has 0 aromatic heterocycles. The molecule has 6 nitrogen and oxygen atoms in total. The van der Waals surface area contributed by atoms with Crippen LogP contribution in [-0.2, 0) is 17.6 Å². The average molecular weight is 345 g/mol. The number of carbonyl (C=O) groups excluding carboxylic acids is 1. The maximum absolute atomic E-state index is 13.3. The highest BCUT2D eigenvalue weighted by Gasteiger charge is 2.15. The summed E-state index contributed by atoms with van der Waals surface area (Å²) in [4.78, 5) is 22.2. The molecule has 0 bridgehead atoms. The molecule has 0 saturated carbocycles. The van der Waals surface area contributed by atoms with Gasteiger partial charge >= 0.3 is 5.69 Å². The zero-order valence-electron chi connectivity index (χ0n) is 14.1. The third-order valence-corrected chi connectivity index (χ3v) is 3.86. The zero-order chi connectivity index (χ0) is 18.4. The van der Waals surface area contributed by atoms with Gasteiger partial charge in [0.05, 0.1) is 11.5 Å². The molecule has 2 N–H and O–H groups in total. The molecule has 0 atom stereocenters. The second-order valence-corrected chi connectivity index (χ2v) is 5.48. The number of nitrogens with zero attached hydrogens (tertiary/aromatic N) is 1. The van der Waals surface area contributed by atoms with E-state index < -0.39 is 16.4 Å². The van der Waals surface area contributed by atoms with Gasteiger partial charge in [-0.3, -0.25) is 14.9 Å². The molecule has 0 radical (unpaired) electrons. The Bertz CT molecular complexity index is 771. The van der Waals surface area contributed by atoms with Crippen LogP contribution in [0.1, 0.15) is 25.0 Å². The van der Waals surface area contributed by atoms with Gasteiger partial charge in [-0.15, -0.1) is 0 Å². The van der Waals surface area contributed by atoms with E-state index in [1.807, 2.05) is 32.0 Å². The summed E-state index contributed by atoms with van der Waals surface area (Å²) >= 11 is 0. The normalized spacial score (nSPS) is 10.4. The van der Waals surface area contributed by atoms with Gasteiger partial charge in [-0.05, 0) is 36.1 Å². The third-order valence-electron chi connectivity index (χ3n) is 3.86. The Balaban J connectivity index is 2.07. The first-order valence-corrected chi connectivity index (χ1v) is 8.04. The number of rotatable bonds is 7.